The standard InChI is InChI=1S/C12H25O3S/c1-3-4-5-6-7-8-9-10-11-12-15-16(2,13)14/h1,3-12H2,2H3. The van der Waals surface area contributed by atoms with Gasteiger partial charge < -0.3 is 0 Å². The van der Waals surface area contributed by atoms with Crippen molar-refractivity contribution in [3.63, 3.8) is 0 Å². The molecule has 0 heterocycles. The topological polar surface area (TPSA) is 43.4 Å². The molecule has 0 aliphatic rings. The molecule has 0 aromatic heterocycles. The lowest BCUT2D eigenvalue weighted by molar-refractivity contribution is 0.309. The van der Waals surface area contributed by atoms with E-state index in [9.17, 15) is 8.42 Å². The van der Waals surface area contributed by atoms with Gasteiger partial charge in [0.15, 0.2) is 0 Å². The maximum atomic E-state index is 10.6. The lowest BCUT2D eigenvalue weighted by atomic mass is 10.1. The van der Waals surface area contributed by atoms with Crippen LogP contribution in [0.4, 0.5) is 0 Å². The summed E-state index contributed by atoms with van der Waals surface area (Å²) in [5, 5.41) is 0. The first-order valence-corrected chi connectivity index (χ1v) is 8.01. The van der Waals surface area contributed by atoms with Crippen molar-refractivity contribution in [1.82, 2.24) is 0 Å². The molecule has 0 aromatic rings. The lowest BCUT2D eigenvalue weighted by Gasteiger charge is -2.02. The number of hydrogen-bond donors (Lipinski definition) is 0. The quantitative estimate of drug-likeness (QED) is 0.417. The van der Waals surface area contributed by atoms with Gasteiger partial charge in [-0.2, -0.15) is 8.42 Å². The van der Waals surface area contributed by atoms with Gasteiger partial charge in [-0.3, -0.25) is 4.18 Å². The molecule has 1 radical (unpaired) electrons. The molecule has 0 N–H and O–H groups in total. The average molecular weight is 249 g/mol. The second-order valence-corrected chi connectivity index (χ2v) is 5.85. The van der Waals surface area contributed by atoms with Gasteiger partial charge in [0.05, 0.1) is 12.9 Å². The largest absolute Gasteiger partial charge is 0.270 e. The van der Waals surface area contributed by atoms with Crippen LogP contribution in [0.15, 0.2) is 0 Å². The normalized spacial score (nSPS) is 11.9. The van der Waals surface area contributed by atoms with Crippen molar-refractivity contribution in [3.05, 3.63) is 6.92 Å². The number of unbranched alkanes of at least 4 members (excludes halogenated alkanes) is 8. The van der Waals surface area contributed by atoms with Crippen LogP contribution in [0.5, 0.6) is 0 Å². The van der Waals surface area contributed by atoms with Crippen molar-refractivity contribution in [2.45, 2.75) is 57.8 Å². The monoisotopic (exact) mass is 249 g/mol. The molecular weight excluding hydrogens is 224 g/mol. The van der Waals surface area contributed by atoms with Gasteiger partial charge in [-0.25, -0.2) is 0 Å². The predicted octanol–water partition coefficient (Wildman–Crippen LogP) is 3.31. The highest BCUT2D eigenvalue weighted by Gasteiger charge is 2.00. The van der Waals surface area contributed by atoms with Crippen molar-refractivity contribution in [3.8, 4) is 0 Å². The molecule has 16 heavy (non-hydrogen) atoms. The fourth-order valence-corrected chi connectivity index (χ4v) is 1.97. The van der Waals surface area contributed by atoms with Gasteiger partial charge >= 0.3 is 0 Å². The molecule has 3 nitrogen and oxygen atoms in total. The first-order chi connectivity index (χ1) is 7.56. The Labute approximate surface area is 101 Å². The van der Waals surface area contributed by atoms with Crippen molar-refractivity contribution < 1.29 is 12.6 Å². The van der Waals surface area contributed by atoms with E-state index in [2.05, 4.69) is 11.1 Å². The van der Waals surface area contributed by atoms with Crippen LogP contribution in [0.1, 0.15) is 57.8 Å². The van der Waals surface area contributed by atoms with Crippen LogP contribution < -0.4 is 0 Å². The third kappa shape index (κ3) is 13.9. The number of rotatable bonds is 11. The molecule has 0 amide bonds. The molecule has 97 valence electrons. The fourth-order valence-electron chi connectivity index (χ4n) is 1.55. The SMILES string of the molecule is [CH2]CCCCCCCCCCOS(C)(=O)=O. The molecule has 0 aromatic carbocycles. The van der Waals surface area contributed by atoms with Crippen LogP contribution in [0.3, 0.4) is 0 Å². The summed E-state index contributed by atoms with van der Waals surface area (Å²) in [6.07, 6.45) is 11.6. The first-order valence-electron chi connectivity index (χ1n) is 6.20. The van der Waals surface area contributed by atoms with Crippen LogP contribution in [-0.4, -0.2) is 21.3 Å². The van der Waals surface area contributed by atoms with Gasteiger partial charge in [0.2, 0.25) is 0 Å². The molecule has 0 fully saturated rings. The fraction of sp³-hybridized carbons (Fsp3) is 0.917. The molecule has 0 aliphatic heterocycles. The molecule has 0 rings (SSSR count). The Morgan fingerprint density at radius 3 is 1.75 bits per heavy atom. The predicted molar refractivity (Wildman–Crippen MR) is 67.7 cm³/mol. The van der Waals surface area contributed by atoms with E-state index in [0.29, 0.717) is 6.61 Å². The Kier molecular flexibility index (Phi) is 10.0. The van der Waals surface area contributed by atoms with Crippen LogP contribution >= 0.6 is 0 Å². The lowest BCUT2D eigenvalue weighted by Crippen LogP contribution is -2.03. The van der Waals surface area contributed by atoms with E-state index in [-0.39, 0.29) is 0 Å². The van der Waals surface area contributed by atoms with Gasteiger partial charge in [-0.05, 0) is 6.42 Å². The summed E-state index contributed by atoms with van der Waals surface area (Å²) >= 11 is 0. The highest BCUT2D eigenvalue weighted by atomic mass is 32.2. The summed E-state index contributed by atoms with van der Waals surface area (Å²) in [6.45, 7) is 4.14. The third-order valence-corrected chi connectivity index (χ3v) is 3.04. The summed E-state index contributed by atoms with van der Waals surface area (Å²) < 4.78 is 25.9. The van der Waals surface area contributed by atoms with Gasteiger partial charge in [0, 0.05) is 0 Å². The summed E-state index contributed by atoms with van der Waals surface area (Å²) in [5.74, 6) is 0. The second kappa shape index (κ2) is 10.1. The Morgan fingerprint density at radius 1 is 0.875 bits per heavy atom. The molecule has 4 heteroatoms. The minimum atomic E-state index is -3.24. The zero-order valence-corrected chi connectivity index (χ0v) is 11.2. The van der Waals surface area contributed by atoms with Crippen LogP contribution in [0, 0.1) is 6.92 Å². The minimum absolute atomic E-state index is 0.334. The van der Waals surface area contributed by atoms with Crippen LogP contribution in [-0.2, 0) is 14.3 Å². The minimum Gasteiger partial charge on any atom is -0.270 e. The zero-order chi connectivity index (χ0) is 12.3. The van der Waals surface area contributed by atoms with Gasteiger partial charge in [-0.15, -0.1) is 0 Å². The maximum absolute atomic E-state index is 10.6. The van der Waals surface area contributed by atoms with Crippen LogP contribution in [0.2, 0.25) is 0 Å². The Hall–Kier alpha value is -0.0900. The Morgan fingerprint density at radius 2 is 1.31 bits per heavy atom. The Balaban J connectivity index is 3.05. The van der Waals surface area contributed by atoms with Crippen molar-refractivity contribution in [1.29, 1.82) is 0 Å². The van der Waals surface area contributed by atoms with Gasteiger partial charge in [-0.1, -0.05) is 58.3 Å². The highest BCUT2D eigenvalue weighted by molar-refractivity contribution is 7.85. The van der Waals surface area contributed by atoms with Crippen LogP contribution in [0.25, 0.3) is 0 Å². The van der Waals surface area contributed by atoms with E-state index >= 15 is 0 Å². The molecule has 0 unspecified atom stereocenters. The summed E-state index contributed by atoms with van der Waals surface area (Å²) in [6, 6.07) is 0. The zero-order valence-electron chi connectivity index (χ0n) is 10.4. The van der Waals surface area contributed by atoms with E-state index in [1.54, 1.807) is 0 Å². The molecule has 0 aliphatic carbocycles. The van der Waals surface area contributed by atoms with E-state index < -0.39 is 10.1 Å². The Bertz CT molecular complexity index is 235. The molecule has 0 saturated carbocycles. The van der Waals surface area contributed by atoms with Crippen molar-refractivity contribution in [2.75, 3.05) is 12.9 Å². The summed E-state index contributed by atoms with van der Waals surface area (Å²) in [5.41, 5.74) is 0. The third-order valence-electron chi connectivity index (χ3n) is 2.44. The summed E-state index contributed by atoms with van der Waals surface area (Å²) in [4.78, 5) is 0. The maximum Gasteiger partial charge on any atom is 0.264 e. The first kappa shape index (κ1) is 15.9. The number of hydrogen-bond acceptors (Lipinski definition) is 3. The second-order valence-electron chi connectivity index (χ2n) is 4.21. The molecule has 0 atom stereocenters. The molecular formula is C12H25O3S. The van der Waals surface area contributed by atoms with Crippen molar-refractivity contribution >= 4 is 10.1 Å². The average Bonchev–Trinajstić information content (AvgIpc) is 2.19. The van der Waals surface area contributed by atoms with Gasteiger partial charge in [0.25, 0.3) is 10.1 Å². The smallest absolute Gasteiger partial charge is 0.264 e. The highest BCUT2D eigenvalue weighted by Crippen LogP contribution is 2.09. The molecule has 0 saturated heterocycles. The molecule has 0 bridgehead atoms. The summed E-state index contributed by atoms with van der Waals surface area (Å²) in [7, 11) is -3.24. The van der Waals surface area contributed by atoms with Crippen molar-refractivity contribution in [2.24, 2.45) is 0 Å². The van der Waals surface area contributed by atoms with E-state index in [4.69, 9.17) is 0 Å². The van der Waals surface area contributed by atoms with E-state index in [1.807, 2.05) is 0 Å². The van der Waals surface area contributed by atoms with E-state index in [0.717, 1.165) is 25.5 Å². The molecule has 0 spiro atoms. The van der Waals surface area contributed by atoms with Gasteiger partial charge in [0.1, 0.15) is 0 Å². The van der Waals surface area contributed by atoms with E-state index in [1.165, 1.54) is 38.5 Å².